The molecule has 0 spiro atoms. The molecular formula is C14H18N2O2. The van der Waals surface area contributed by atoms with Gasteiger partial charge < -0.3 is 4.74 Å². The number of fused-ring (bicyclic) bond motifs is 1. The first-order valence-electron chi connectivity index (χ1n) is 6.40. The normalized spacial score (nSPS) is 10.8. The smallest absolute Gasteiger partial charge is 0.299 e. The number of benzene rings is 1. The molecule has 0 bridgehead atoms. The highest BCUT2D eigenvalue weighted by Gasteiger charge is 2.10. The van der Waals surface area contributed by atoms with E-state index in [0.29, 0.717) is 30.1 Å². The maximum atomic E-state index is 12.3. The molecule has 0 aliphatic heterocycles. The topological polar surface area (TPSA) is 44.1 Å². The van der Waals surface area contributed by atoms with Crippen LogP contribution in [0.5, 0.6) is 6.01 Å². The van der Waals surface area contributed by atoms with Crippen LogP contribution in [0.3, 0.4) is 0 Å². The third-order valence-corrected chi connectivity index (χ3v) is 2.71. The van der Waals surface area contributed by atoms with Gasteiger partial charge in [-0.25, -0.2) is 0 Å². The first kappa shape index (κ1) is 12.6. The van der Waals surface area contributed by atoms with Crippen LogP contribution in [0.1, 0.15) is 26.7 Å². The summed E-state index contributed by atoms with van der Waals surface area (Å²) in [4.78, 5) is 16.8. The fourth-order valence-corrected chi connectivity index (χ4v) is 1.87. The van der Waals surface area contributed by atoms with Gasteiger partial charge in [0.25, 0.3) is 11.6 Å². The van der Waals surface area contributed by atoms with Crippen molar-refractivity contribution in [3.63, 3.8) is 0 Å². The minimum atomic E-state index is -0.0199. The molecule has 0 fully saturated rings. The van der Waals surface area contributed by atoms with E-state index in [1.807, 2.05) is 32.0 Å². The number of rotatable bonds is 5. The van der Waals surface area contributed by atoms with Crippen LogP contribution in [0.4, 0.5) is 0 Å². The first-order chi connectivity index (χ1) is 8.77. The quantitative estimate of drug-likeness (QED) is 0.814. The van der Waals surface area contributed by atoms with Gasteiger partial charge in [-0.1, -0.05) is 26.0 Å². The molecule has 2 aromatic rings. The monoisotopic (exact) mass is 246 g/mol. The van der Waals surface area contributed by atoms with Crippen molar-refractivity contribution >= 4 is 10.9 Å². The summed E-state index contributed by atoms with van der Waals surface area (Å²) in [5.41, 5.74) is 0.675. The summed E-state index contributed by atoms with van der Waals surface area (Å²) < 4.78 is 7.20. The van der Waals surface area contributed by atoms with Gasteiger partial charge >= 0.3 is 0 Å². The van der Waals surface area contributed by atoms with E-state index in [0.717, 1.165) is 12.8 Å². The van der Waals surface area contributed by atoms with E-state index >= 15 is 0 Å². The lowest BCUT2D eigenvalue weighted by Gasteiger charge is -2.12. The van der Waals surface area contributed by atoms with E-state index in [1.165, 1.54) is 0 Å². The van der Waals surface area contributed by atoms with Gasteiger partial charge in [-0.15, -0.1) is 0 Å². The second kappa shape index (κ2) is 5.67. The van der Waals surface area contributed by atoms with Gasteiger partial charge in [-0.2, -0.15) is 4.98 Å². The SMILES string of the molecule is CCCOc1nc2ccccc2c(=O)n1CCC. The zero-order valence-electron chi connectivity index (χ0n) is 10.8. The van der Waals surface area contributed by atoms with Crippen molar-refractivity contribution in [1.29, 1.82) is 0 Å². The summed E-state index contributed by atoms with van der Waals surface area (Å²) in [7, 11) is 0. The van der Waals surface area contributed by atoms with E-state index in [4.69, 9.17) is 4.74 Å². The Hall–Kier alpha value is -1.84. The van der Waals surface area contributed by atoms with Crippen molar-refractivity contribution in [2.45, 2.75) is 33.2 Å². The minimum absolute atomic E-state index is 0.0199. The molecular weight excluding hydrogens is 228 g/mol. The lowest BCUT2D eigenvalue weighted by atomic mass is 10.2. The Labute approximate surface area is 106 Å². The molecule has 0 atom stereocenters. The average molecular weight is 246 g/mol. The third kappa shape index (κ3) is 2.37. The Morgan fingerprint density at radius 3 is 2.72 bits per heavy atom. The first-order valence-corrected chi connectivity index (χ1v) is 6.40. The van der Waals surface area contributed by atoms with Gasteiger partial charge in [0.05, 0.1) is 17.5 Å². The second-order valence-electron chi connectivity index (χ2n) is 4.22. The van der Waals surface area contributed by atoms with Crippen LogP contribution in [0, 0.1) is 0 Å². The van der Waals surface area contributed by atoms with E-state index in [-0.39, 0.29) is 5.56 Å². The van der Waals surface area contributed by atoms with Gasteiger partial charge in [0.15, 0.2) is 0 Å². The molecule has 0 radical (unpaired) electrons. The lowest BCUT2D eigenvalue weighted by molar-refractivity contribution is 0.272. The summed E-state index contributed by atoms with van der Waals surface area (Å²) in [6.45, 7) is 5.28. The number of nitrogens with zero attached hydrogens (tertiary/aromatic N) is 2. The summed E-state index contributed by atoms with van der Waals surface area (Å²) in [5, 5.41) is 0.648. The highest BCUT2D eigenvalue weighted by atomic mass is 16.5. The van der Waals surface area contributed by atoms with Crippen LogP contribution in [0.15, 0.2) is 29.1 Å². The van der Waals surface area contributed by atoms with Crippen LogP contribution in [0.25, 0.3) is 10.9 Å². The standard InChI is InChI=1S/C14H18N2O2/c1-3-9-16-13(17)11-7-5-6-8-12(11)15-14(16)18-10-4-2/h5-8H,3-4,9-10H2,1-2H3. The lowest BCUT2D eigenvalue weighted by Crippen LogP contribution is -2.23. The maximum Gasteiger partial charge on any atom is 0.299 e. The number of aromatic nitrogens is 2. The predicted octanol–water partition coefficient (Wildman–Crippen LogP) is 2.60. The van der Waals surface area contributed by atoms with Crippen molar-refractivity contribution in [2.75, 3.05) is 6.61 Å². The number of para-hydroxylation sites is 1. The molecule has 1 aromatic heterocycles. The van der Waals surface area contributed by atoms with Crippen LogP contribution < -0.4 is 10.3 Å². The predicted molar refractivity (Wildman–Crippen MR) is 72.1 cm³/mol. The molecule has 0 N–H and O–H groups in total. The van der Waals surface area contributed by atoms with Gasteiger partial charge in [0.2, 0.25) is 0 Å². The molecule has 0 amide bonds. The van der Waals surface area contributed by atoms with Gasteiger partial charge in [0.1, 0.15) is 0 Å². The fourth-order valence-electron chi connectivity index (χ4n) is 1.87. The average Bonchev–Trinajstić information content (AvgIpc) is 2.40. The summed E-state index contributed by atoms with van der Waals surface area (Å²) in [5.74, 6) is 0. The number of ether oxygens (including phenoxy) is 1. The Morgan fingerprint density at radius 2 is 2.00 bits per heavy atom. The highest BCUT2D eigenvalue weighted by molar-refractivity contribution is 5.77. The van der Waals surface area contributed by atoms with Gasteiger partial charge in [-0.05, 0) is 25.0 Å². The van der Waals surface area contributed by atoms with Crippen molar-refractivity contribution in [3.8, 4) is 6.01 Å². The van der Waals surface area contributed by atoms with E-state index in [1.54, 1.807) is 10.6 Å². The molecule has 2 rings (SSSR count). The molecule has 1 heterocycles. The van der Waals surface area contributed by atoms with E-state index in [9.17, 15) is 4.79 Å². The molecule has 1 aromatic carbocycles. The van der Waals surface area contributed by atoms with Crippen molar-refractivity contribution in [3.05, 3.63) is 34.6 Å². The summed E-state index contributed by atoms with van der Waals surface area (Å²) >= 11 is 0. The summed E-state index contributed by atoms with van der Waals surface area (Å²) in [6.07, 6.45) is 1.78. The molecule has 18 heavy (non-hydrogen) atoms. The van der Waals surface area contributed by atoms with Gasteiger partial charge in [-0.3, -0.25) is 9.36 Å². The Kier molecular flexibility index (Phi) is 3.97. The fraction of sp³-hybridized carbons (Fsp3) is 0.429. The van der Waals surface area contributed by atoms with Gasteiger partial charge in [0, 0.05) is 6.54 Å². The van der Waals surface area contributed by atoms with Crippen molar-refractivity contribution < 1.29 is 4.74 Å². The number of hydrogen-bond donors (Lipinski definition) is 0. The molecule has 4 heteroatoms. The largest absolute Gasteiger partial charge is 0.465 e. The Bertz CT molecular complexity index is 590. The summed E-state index contributed by atoms with van der Waals surface area (Å²) in [6, 6.07) is 7.81. The molecule has 96 valence electrons. The van der Waals surface area contributed by atoms with E-state index < -0.39 is 0 Å². The number of hydrogen-bond acceptors (Lipinski definition) is 3. The highest BCUT2D eigenvalue weighted by Crippen LogP contribution is 2.13. The van der Waals surface area contributed by atoms with Crippen LogP contribution in [-0.4, -0.2) is 16.2 Å². The molecule has 4 nitrogen and oxygen atoms in total. The molecule has 0 aliphatic carbocycles. The molecule has 0 saturated carbocycles. The minimum Gasteiger partial charge on any atom is -0.465 e. The Balaban J connectivity index is 2.59. The molecule has 0 aliphatic rings. The van der Waals surface area contributed by atoms with Crippen LogP contribution in [0.2, 0.25) is 0 Å². The van der Waals surface area contributed by atoms with Crippen molar-refractivity contribution in [1.82, 2.24) is 9.55 Å². The zero-order chi connectivity index (χ0) is 13.0. The van der Waals surface area contributed by atoms with Crippen molar-refractivity contribution in [2.24, 2.45) is 0 Å². The van der Waals surface area contributed by atoms with E-state index in [2.05, 4.69) is 4.98 Å². The maximum absolute atomic E-state index is 12.3. The van der Waals surface area contributed by atoms with Crippen LogP contribution in [-0.2, 0) is 6.54 Å². The Morgan fingerprint density at radius 1 is 1.22 bits per heavy atom. The zero-order valence-corrected chi connectivity index (χ0v) is 10.8. The van der Waals surface area contributed by atoms with Crippen LogP contribution >= 0.6 is 0 Å². The second-order valence-corrected chi connectivity index (χ2v) is 4.22. The molecule has 0 unspecified atom stereocenters. The third-order valence-electron chi connectivity index (χ3n) is 2.71. The molecule has 0 saturated heterocycles.